The third-order valence-electron chi connectivity index (χ3n) is 2.96. The van der Waals surface area contributed by atoms with E-state index < -0.39 is 0 Å². The molecule has 0 amide bonds. The average Bonchev–Trinajstić information content (AvgIpc) is 2.58. The highest BCUT2D eigenvalue weighted by molar-refractivity contribution is 9.11. The van der Waals surface area contributed by atoms with Crippen LogP contribution in [0.15, 0.2) is 9.85 Å². The van der Waals surface area contributed by atoms with E-state index >= 15 is 0 Å². The molecule has 0 saturated carbocycles. The van der Waals surface area contributed by atoms with E-state index in [1.54, 1.807) is 11.3 Å². The SMILES string of the molecule is Cc1sc(Br)cc1C(O)C1CCOCC1. The molecule has 2 heterocycles. The lowest BCUT2D eigenvalue weighted by atomic mass is 9.90. The minimum atomic E-state index is -0.323. The largest absolute Gasteiger partial charge is 0.388 e. The second-order valence-electron chi connectivity index (χ2n) is 3.96. The fraction of sp³-hybridized carbons (Fsp3) is 0.636. The zero-order chi connectivity index (χ0) is 10.8. The molecule has 1 N–H and O–H groups in total. The van der Waals surface area contributed by atoms with Crippen molar-refractivity contribution in [2.75, 3.05) is 13.2 Å². The molecule has 84 valence electrons. The van der Waals surface area contributed by atoms with Crippen LogP contribution in [-0.4, -0.2) is 18.3 Å². The van der Waals surface area contributed by atoms with Gasteiger partial charge in [0.2, 0.25) is 0 Å². The van der Waals surface area contributed by atoms with Gasteiger partial charge in [-0.15, -0.1) is 11.3 Å². The molecule has 0 bridgehead atoms. The summed E-state index contributed by atoms with van der Waals surface area (Å²) in [6.45, 7) is 3.63. The summed E-state index contributed by atoms with van der Waals surface area (Å²) in [6.07, 6.45) is 1.61. The third kappa shape index (κ3) is 2.61. The number of ether oxygens (including phenoxy) is 1. The van der Waals surface area contributed by atoms with E-state index in [9.17, 15) is 5.11 Å². The van der Waals surface area contributed by atoms with Crippen LogP contribution in [0.25, 0.3) is 0 Å². The van der Waals surface area contributed by atoms with Crippen LogP contribution in [0.5, 0.6) is 0 Å². The Labute approximate surface area is 102 Å². The Morgan fingerprint density at radius 3 is 2.73 bits per heavy atom. The molecule has 2 nitrogen and oxygen atoms in total. The summed E-state index contributed by atoms with van der Waals surface area (Å²) in [7, 11) is 0. The van der Waals surface area contributed by atoms with Gasteiger partial charge in [0.05, 0.1) is 9.89 Å². The minimum absolute atomic E-state index is 0.323. The first-order valence-corrected chi connectivity index (χ1v) is 6.81. The molecule has 0 spiro atoms. The first-order chi connectivity index (χ1) is 7.18. The molecule has 1 aliphatic rings. The van der Waals surface area contributed by atoms with Crippen LogP contribution in [0.1, 0.15) is 29.4 Å². The topological polar surface area (TPSA) is 29.5 Å². The van der Waals surface area contributed by atoms with Gasteiger partial charge >= 0.3 is 0 Å². The molecule has 0 aliphatic carbocycles. The van der Waals surface area contributed by atoms with E-state index in [1.165, 1.54) is 4.88 Å². The van der Waals surface area contributed by atoms with Crippen molar-refractivity contribution in [3.05, 3.63) is 20.3 Å². The van der Waals surface area contributed by atoms with Crippen molar-refractivity contribution in [3.8, 4) is 0 Å². The fourth-order valence-electron chi connectivity index (χ4n) is 2.04. The highest BCUT2D eigenvalue weighted by atomic mass is 79.9. The summed E-state index contributed by atoms with van der Waals surface area (Å²) in [4.78, 5) is 1.21. The van der Waals surface area contributed by atoms with E-state index in [0.717, 1.165) is 35.4 Å². The molecule has 0 aromatic carbocycles. The molecule has 1 aromatic heterocycles. The van der Waals surface area contributed by atoms with Gasteiger partial charge in [0.15, 0.2) is 0 Å². The third-order valence-corrected chi connectivity index (χ3v) is 4.53. The first-order valence-electron chi connectivity index (χ1n) is 5.20. The van der Waals surface area contributed by atoms with Crippen molar-refractivity contribution >= 4 is 27.3 Å². The molecule has 1 saturated heterocycles. The van der Waals surface area contributed by atoms with Gasteiger partial charge in [-0.1, -0.05) is 0 Å². The van der Waals surface area contributed by atoms with Gasteiger partial charge in [-0.25, -0.2) is 0 Å². The van der Waals surface area contributed by atoms with Gasteiger partial charge < -0.3 is 9.84 Å². The van der Waals surface area contributed by atoms with Crippen LogP contribution in [0.2, 0.25) is 0 Å². The Morgan fingerprint density at radius 1 is 1.53 bits per heavy atom. The Bertz CT molecular complexity index is 331. The Hall–Kier alpha value is 0.1000. The van der Waals surface area contributed by atoms with Crippen molar-refractivity contribution in [1.29, 1.82) is 0 Å². The second kappa shape index (κ2) is 4.95. The van der Waals surface area contributed by atoms with Crippen LogP contribution in [-0.2, 0) is 4.74 Å². The monoisotopic (exact) mass is 290 g/mol. The standard InChI is InChI=1S/C11H15BrO2S/c1-7-9(6-10(12)15-7)11(13)8-2-4-14-5-3-8/h6,8,11,13H,2-5H2,1H3. The van der Waals surface area contributed by atoms with Gasteiger partial charge in [-0.2, -0.15) is 0 Å². The number of aliphatic hydroxyl groups excluding tert-OH is 1. The quantitative estimate of drug-likeness (QED) is 0.906. The van der Waals surface area contributed by atoms with Gasteiger partial charge in [0.25, 0.3) is 0 Å². The van der Waals surface area contributed by atoms with E-state index in [4.69, 9.17) is 4.74 Å². The molecule has 0 radical (unpaired) electrons. The maximum absolute atomic E-state index is 10.3. The Kier molecular flexibility index (Phi) is 3.83. The van der Waals surface area contributed by atoms with Crippen LogP contribution < -0.4 is 0 Å². The molecule has 15 heavy (non-hydrogen) atoms. The summed E-state index contributed by atoms with van der Waals surface area (Å²) < 4.78 is 6.40. The summed E-state index contributed by atoms with van der Waals surface area (Å²) in [6, 6.07) is 2.04. The molecule has 1 unspecified atom stereocenters. The first kappa shape index (κ1) is 11.6. The number of halogens is 1. The summed E-state index contributed by atoms with van der Waals surface area (Å²) in [5.41, 5.74) is 1.08. The number of hydrogen-bond donors (Lipinski definition) is 1. The van der Waals surface area contributed by atoms with Crippen molar-refractivity contribution < 1.29 is 9.84 Å². The maximum Gasteiger partial charge on any atom is 0.0830 e. The van der Waals surface area contributed by atoms with Gasteiger partial charge in [0, 0.05) is 18.1 Å². The number of aliphatic hydroxyl groups is 1. The second-order valence-corrected chi connectivity index (χ2v) is 6.59. The van der Waals surface area contributed by atoms with Crippen LogP contribution in [0, 0.1) is 12.8 Å². The van der Waals surface area contributed by atoms with E-state index in [1.807, 2.05) is 6.07 Å². The number of hydrogen-bond acceptors (Lipinski definition) is 3. The molecular formula is C11H15BrO2S. The van der Waals surface area contributed by atoms with Crippen LogP contribution >= 0.6 is 27.3 Å². The smallest absolute Gasteiger partial charge is 0.0830 e. The fourth-order valence-corrected chi connectivity index (χ4v) is 3.79. The lowest BCUT2D eigenvalue weighted by Gasteiger charge is -2.26. The van der Waals surface area contributed by atoms with E-state index in [-0.39, 0.29) is 6.10 Å². The highest BCUT2D eigenvalue weighted by Gasteiger charge is 2.25. The molecule has 1 aliphatic heterocycles. The molecular weight excluding hydrogens is 276 g/mol. The van der Waals surface area contributed by atoms with Crippen molar-refractivity contribution in [2.24, 2.45) is 5.92 Å². The average molecular weight is 291 g/mol. The van der Waals surface area contributed by atoms with Crippen LogP contribution in [0.4, 0.5) is 0 Å². The van der Waals surface area contributed by atoms with E-state index in [2.05, 4.69) is 22.9 Å². The van der Waals surface area contributed by atoms with Gasteiger partial charge in [0.1, 0.15) is 0 Å². The molecule has 2 rings (SSSR count). The predicted molar refractivity (Wildman–Crippen MR) is 65.3 cm³/mol. The molecule has 1 atom stereocenters. The Balaban J connectivity index is 2.12. The van der Waals surface area contributed by atoms with Crippen molar-refractivity contribution in [2.45, 2.75) is 25.9 Å². The van der Waals surface area contributed by atoms with Crippen LogP contribution in [0.3, 0.4) is 0 Å². The lowest BCUT2D eigenvalue weighted by molar-refractivity contribution is 0.00713. The normalized spacial score (nSPS) is 20.5. The molecule has 1 fully saturated rings. The van der Waals surface area contributed by atoms with Gasteiger partial charge in [-0.3, -0.25) is 0 Å². The minimum Gasteiger partial charge on any atom is -0.388 e. The van der Waals surface area contributed by atoms with E-state index in [0.29, 0.717) is 5.92 Å². The molecule has 4 heteroatoms. The zero-order valence-electron chi connectivity index (χ0n) is 8.70. The molecule has 1 aromatic rings. The van der Waals surface area contributed by atoms with Crippen molar-refractivity contribution in [3.63, 3.8) is 0 Å². The predicted octanol–water partition coefficient (Wildman–Crippen LogP) is 3.28. The summed E-state index contributed by atoms with van der Waals surface area (Å²) >= 11 is 5.14. The number of aryl methyl sites for hydroxylation is 1. The summed E-state index contributed by atoms with van der Waals surface area (Å²) in [5, 5.41) is 10.3. The maximum atomic E-state index is 10.3. The Morgan fingerprint density at radius 2 is 2.20 bits per heavy atom. The zero-order valence-corrected chi connectivity index (χ0v) is 11.1. The highest BCUT2D eigenvalue weighted by Crippen LogP contribution is 2.36. The van der Waals surface area contributed by atoms with Gasteiger partial charge in [-0.05, 0) is 53.2 Å². The summed E-state index contributed by atoms with van der Waals surface area (Å²) in [5.74, 6) is 0.360. The lowest BCUT2D eigenvalue weighted by Crippen LogP contribution is -2.22. The van der Waals surface area contributed by atoms with Crippen molar-refractivity contribution in [1.82, 2.24) is 0 Å². The number of thiophene rings is 1. The number of rotatable bonds is 2.